The zero-order valence-electron chi connectivity index (χ0n) is 11.1. The fourth-order valence-corrected chi connectivity index (χ4v) is 2.01. The molecule has 9 nitrogen and oxygen atoms in total. The first-order valence-electron chi connectivity index (χ1n) is 6.27. The maximum absolute atomic E-state index is 5.40. The molecule has 1 atom stereocenters. The third-order valence-electron chi connectivity index (χ3n) is 3.09. The number of rotatable bonds is 4. The quantitative estimate of drug-likeness (QED) is 0.525. The van der Waals surface area contributed by atoms with Gasteiger partial charge in [-0.05, 0) is 19.4 Å². The largest absolute Gasteiger partial charge is 0.379 e. The number of aromatic nitrogens is 5. The second-order valence-electron chi connectivity index (χ2n) is 4.87. The number of hydrazine groups is 1. The Hall–Kier alpha value is -2.26. The Kier molecular flexibility index (Phi) is 3.20. The van der Waals surface area contributed by atoms with Crippen LogP contribution in [0, 0.1) is 0 Å². The summed E-state index contributed by atoms with van der Waals surface area (Å²) in [6, 6.07) is 1.79. The third kappa shape index (κ3) is 2.53. The number of nitrogens with one attached hydrogen (secondary N) is 2. The highest BCUT2D eigenvalue weighted by atomic mass is 16.5. The molecule has 4 N–H and O–H groups in total. The summed E-state index contributed by atoms with van der Waals surface area (Å²) in [5.74, 6) is 6.50. The Balaban J connectivity index is 1.92. The molecule has 106 valence electrons. The summed E-state index contributed by atoms with van der Waals surface area (Å²) in [4.78, 5) is 12.7. The molecule has 9 heteroatoms. The van der Waals surface area contributed by atoms with Gasteiger partial charge in [-0.2, -0.15) is 20.1 Å². The Morgan fingerprint density at radius 3 is 2.85 bits per heavy atom. The van der Waals surface area contributed by atoms with Crippen LogP contribution in [0.3, 0.4) is 0 Å². The fraction of sp³-hybridized carbons (Fsp3) is 0.455. The highest BCUT2D eigenvalue weighted by Gasteiger charge is 2.30. The summed E-state index contributed by atoms with van der Waals surface area (Å²) in [5, 5.41) is 7.37. The van der Waals surface area contributed by atoms with E-state index in [0.29, 0.717) is 18.5 Å². The summed E-state index contributed by atoms with van der Waals surface area (Å²) < 4.78 is 6.94. The molecule has 20 heavy (non-hydrogen) atoms. The molecule has 0 aliphatic carbocycles. The SMILES string of the molecule is CC1(Nc2nc(NN)nc(-n3cccn3)n2)CCOC1. The Morgan fingerprint density at radius 1 is 1.35 bits per heavy atom. The first-order valence-corrected chi connectivity index (χ1v) is 6.27. The molecular weight excluding hydrogens is 260 g/mol. The van der Waals surface area contributed by atoms with Gasteiger partial charge in [-0.1, -0.05) is 0 Å². The first-order chi connectivity index (χ1) is 9.68. The lowest BCUT2D eigenvalue weighted by molar-refractivity contribution is 0.185. The van der Waals surface area contributed by atoms with Crippen molar-refractivity contribution in [3.63, 3.8) is 0 Å². The maximum atomic E-state index is 5.40. The van der Waals surface area contributed by atoms with Gasteiger partial charge in [0.2, 0.25) is 11.9 Å². The van der Waals surface area contributed by atoms with Gasteiger partial charge in [-0.3, -0.25) is 5.43 Å². The molecule has 0 amide bonds. The van der Waals surface area contributed by atoms with Gasteiger partial charge in [0.05, 0.1) is 12.1 Å². The van der Waals surface area contributed by atoms with E-state index < -0.39 is 0 Å². The Labute approximate surface area is 115 Å². The van der Waals surface area contributed by atoms with Crippen LogP contribution in [0.15, 0.2) is 18.5 Å². The Bertz CT molecular complexity index is 578. The predicted molar refractivity (Wildman–Crippen MR) is 72.2 cm³/mol. The van der Waals surface area contributed by atoms with Crippen LogP contribution in [0.5, 0.6) is 0 Å². The van der Waals surface area contributed by atoms with Crippen LogP contribution in [-0.4, -0.2) is 43.5 Å². The van der Waals surface area contributed by atoms with Crippen LogP contribution in [0.1, 0.15) is 13.3 Å². The monoisotopic (exact) mass is 276 g/mol. The average Bonchev–Trinajstić information content (AvgIpc) is 3.09. The van der Waals surface area contributed by atoms with Crippen molar-refractivity contribution in [3.8, 4) is 5.95 Å². The van der Waals surface area contributed by atoms with Crippen LogP contribution in [0.25, 0.3) is 5.95 Å². The van der Waals surface area contributed by atoms with Crippen LogP contribution < -0.4 is 16.6 Å². The van der Waals surface area contributed by atoms with E-state index in [0.717, 1.165) is 13.0 Å². The third-order valence-corrected chi connectivity index (χ3v) is 3.09. The van der Waals surface area contributed by atoms with Gasteiger partial charge in [0.15, 0.2) is 0 Å². The van der Waals surface area contributed by atoms with E-state index in [1.807, 2.05) is 0 Å². The van der Waals surface area contributed by atoms with Crippen molar-refractivity contribution in [1.29, 1.82) is 0 Å². The van der Waals surface area contributed by atoms with E-state index >= 15 is 0 Å². The molecule has 0 aromatic carbocycles. The van der Waals surface area contributed by atoms with Gasteiger partial charge >= 0.3 is 0 Å². The smallest absolute Gasteiger partial charge is 0.257 e. The molecule has 1 aliphatic heterocycles. The Morgan fingerprint density at radius 2 is 2.20 bits per heavy atom. The molecule has 1 aliphatic rings. The number of anilines is 2. The van der Waals surface area contributed by atoms with Gasteiger partial charge in [-0.25, -0.2) is 10.5 Å². The first kappa shape index (κ1) is 12.8. The number of nitrogen functional groups attached to an aromatic ring is 1. The van der Waals surface area contributed by atoms with Crippen molar-refractivity contribution in [1.82, 2.24) is 24.7 Å². The second kappa shape index (κ2) is 5.02. The lowest BCUT2D eigenvalue weighted by Crippen LogP contribution is -2.36. The molecular formula is C11H16N8O. The minimum absolute atomic E-state index is 0.186. The van der Waals surface area contributed by atoms with E-state index in [2.05, 4.69) is 37.7 Å². The molecule has 0 spiro atoms. The number of ether oxygens (including phenoxy) is 1. The predicted octanol–water partition coefficient (Wildman–Crippen LogP) is -0.0662. The molecule has 2 aromatic heterocycles. The van der Waals surface area contributed by atoms with Crippen LogP contribution in [0.4, 0.5) is 11.9 Å². The lowest BCUT2D eigenvalue weighted by Gasteiger charge is -2.23. The highest BCUT2D eigenvalue weighted by molar-refractivity contribution is 5.39. The minimum Gasteiger partial charge on any atom is -0.379 e. The van der Waals surface area contributed by atoms with Gasteiger partial charge in [-0.15, -0.1) is 0 Å². The van der Waals surface area contributed by atoms with Gasteiger partial charge < -0.3 is 10.1 Å². The standard InChI is InChI=1S/C11H16N8O/c1-11(3-6-20-7-11)17-8-14-9(18-12)16-10(15-8)19-5-2-4-13-19/h2,4-5H,3,6-7,12H2,1H3,(H2,14,15,16,17,18). The second-order valence-corrected chi connectivity index (χ2v) is 4.87. The topological polar surface area (TPSA) is 116 Å². The molecule has 1 fully saturated rings. The number of hydrogen-bond donors (Lipinski definition) is 3. The summed E-state index contributed by atoms with van der Waals surface area (Å²) >= 11 is 0. The normalized spacial score (nSPS) is 21.9. The van der Waals surface area contributed by atoms with Crippen molar-refractivity contribution in [2.75, 3.05) is 24.0 Å². The van der Waals surface area contributed by atoms with Crippen molar-refractivity contribution in [2.45, 2.75) is 18.9 Å². The summed E-state index contributed by atoms with van der Waals surface area (Å²) in [6.45, 7) is 3.40. The van der Waals surface area contributed by atoms with E-state index in [4.69, 9.17) is 10.6 Å². The molecule has 3 heterocycles. The molecule has 0 saturated carbocycles. The van der Waals surface area contributed by atoms with Crippen molar-refractivity contribution < 1.29 is 4.74 Å². The molecule has 1 saturated heterocycles. The number of nitrogens with two attached hydrogens (primary N) is 1. The van der Waals surface area contributed by atoms with E-state index in [-0.39, 0.29) is 11.5 Å². The van der Waals surface area contributed by atoms with Crippen LogP contribution in [0.2, 0.25) is 0 Å². The summed E-state index contributed by atoms with van der Waals surface area (Å²) in [6.07, 6.45) is 4.29. The zero-order chi connectivity index (χ0) is 14.0. The van der Waals surface area contributed by atoms with E-state index in [1.54, 1.807) is 23.1 Å². The van der Waals surface area contributed by atoms with E-state index in [9.17, 15) is 0 Å². The fourth-order valence-electron chi connectivity index (χ4n) is 2.01. The lowest BCUT2D eigenvalue weighted by atomic mass is 10.0. The average molecular weight is 276 g/mol. The molecule has 2 aromatic rings. The molecule has 1 unspecified atom stereocenters. The summed E-state index contributed by atoms with van der Waals surface area (Å²) in [5.41, 5.74) is 2.25. The number of nitrogens with zero attached hydrogens (tertiary/aromatic N) is 5. The maximum Gasteiger partial charge on any atom is 0.257 e. The number of hydrogen-bond acceptors (Lipinski definition) is 8. The highest BCUT2D eigenvalue weighted by Crippen LogP contribution is 2.22. The van der Waals surface area contributed by atoms with E-state index in [1.165, 1.54) is 0 Å². The van der Waals surface area contributed by atoms with Crippen LogP contribution in [-0.2, 0) is 4.74 Å². The van der Waals surface area contributed by atoms with Crippen molar-refractivity contribution >= 4 is 11.9 Å². The van der Waals surface area contributed by atoms with Gasteiger partial charge in [0.1, 0.15) is 0 Å². The zero-order valence-corrected chi connectivity index (χ0v) is 11.1. The molecule has 0 radical (unpaired) electrons. The van der Waals surface area contributed by atoms with Gasteiger partial charge in [0.25, 0.3) is 5.95 Å². The van der Waals surface area contributed by atoms with Crippen molar-refractivity contribution in [2.24, 2.45) is 5.84 Å². The van der Waals surface area contributed by atoms with Crippen LogP contribution >= 0.6 is 0 Å². The van der Waals surface area contributed by atoms with Gasteiger partial charge in [0, 0.05) is 19.0 Å². The minimum atomic E-state index is -0.186. The molecule has 3 rings (SSSR count). The summed E-state index contributed by atoms with van der Waals surface area (Å²) in [7, 11) is 0. The molecule has 0 bridgehead atoms. The van der Waals surface area contributed by atoms with Crippen molar-refractivity contribution in [3.05, 3.63) is 18.5 Å².